The maximum Gasteiger partial charge on any atom is 0.231 e. The van der Waals surface area contributed by atoms with Crippen LogP contribution >= 0.6 is 0 Å². The summed E-state index contributed by atoms with van der Waals surface area (Å²) in [4.78, 5) is 15.3. The Bertz CT molecular complexity index is 1060. The van der Waals surface area contributed by atoms with Crippen LogP contribution < -0.4 is 10.5 Å². The van der Waals surface area contributed by atoms with Crippen molar-refractivity contribution in [3.63, 3.8) is 0 Å². The molecule has 0 bridgehead atoms. The minimum atomic E-state index is -0.617. The Kier molecular flexibility index (Phi) is 6.90. The fourth-order valence-electron chi connectivity index (χ4n) is 4.18. The summed E-state index contributed by atoms with van der Waals surface area (Å²) in [7, 11) is 0. The Morgan fingerprint density at radius 1 is 0.938 bits per heavy atom. The molecule has 1 aliphatic rings. The number of rotatable bonds is 8. The molecule has 0 aliphatic carbocycles. The van der Waals surface area contributed by atoms with E-state index in [0.717, 1.165) is 53.8 Å². The van der Waals surface area contributed by atoms with E-state index in [9.17, 15) is 15.0 Å². The maximum absolute atomic E-state index is 11.1. The molecule has 7 heteroatoms. The summed E-state index contributed by atoms with van der Waals surface area (Å²) in [5, 5.41) is 22.1. The number of hydrogen-bond acceptors (Lipinski definition) is 6. The average molecular weight is 436 g/mol. The van der Waals surface area contributed by atoms with E-state index in [0.29, 0.717) is 6.54 Å². The van der Waals surface area contributed by atoms with Gasteiger partial charge < -0.3 is 20.7 Å². The van der Waals surface area contributed by atoms with Crippen LogP contribution in [0.4, 0.5) is 0 Å². The molecular weight excluding hydrogens is 406 g/mol. The fraction of sp³-hybridized carbons (Fsp3) is 0.320. The number of phenolic OH excluding ortho intramolecular Hbond substituents is 1. The number of amides is 1. The van der Waals surface area contributed by atoms with Crippen molar-refractivity contribution in [1.29, 1.82) is 0 Å². The van der Waals surface area contributed by atoms with E-state index in [4.69, 9.17) is 10.5 Å². The monoisotopic (exact) mass is 435 g/mol. The van der Waals surface area contributed by atoms with Gasteiger partial charge in [-0.3, -0.25) is 14.6 Å². The molecular formula is C25H29N3O4. The van der Waals surface area contributed by atoms with Gasteiger partial charge in [0.25, 0.3) is 0 Å². The molecule has 1 fully saturated rings. The van der Waals surface area contributed by atoms with Gasteiger partial charge in [-0.1, -0.05) is 42.5 Å². The molecule has 1 unspecified atom stereocenters. The number of phenols is 1. The van der Waals surface area contributed by atoms with Crippen molar-refractivity contribution in [1.82, 2.24) is 9.80 Å². The number of benzene rings is 3. The van der Waals surface area contributed by atoms with E-state index in [-0.39, 0.29) is 24.8 Å². The van der Waals surface area contributed by atoms with Crippen LogP contribution in [0.1, 0.15) is 0 Å². The number of fused-ring (bicyclic) bond motifs is 1. The topological polar surface area (TPSA) is 99.3 Å². The van der Waals surface area contributed by atoms with Gasteiger partial charge in [-0.2, -0.15) is 0 Å². The first-order valence-corrected chi connectivity index (χ1v) is 10.8. The first-order chi connectivity index (χ1) is 15.5. The summed E-state index contributed by atoms with van der Waals surface area (Å²) in [5.41, 5.74) is 7.33. The number of aliphatic hydroxyl groups is 1. The Balaban J connectivity index is 1.39. The maximum atomic E-state index is 11.1. The van der Waals surface area contributed by atoms with Crippen molar-refractivity contribution >= 4 is 16.7 Å². The lowest BCUT2D eigenvalue weighted by molar-refractivity contribution is -0.119. The molecule has 1 heterocycles. The fourth-order valence-corrected chi connectivity index (χ4v) is 4.18. The van der Waals surface area contributed by atoms with Gasteiger partial charge in [0.15, 0.2) is 0 Å². The molecule has 3 aromatic rings. The minimum Gasteiger partial charge on any atom is -0.508 e. The molecule has 168 valence electrons. The number of nitrogens with two attached hydrogens (primary N) is 1. The van der Waals surface area contributed by atoms with Gasteiger partial charge in [0.2, 0.25) is 5.91 Å². The number of primary amides is 1. The number of carbonyl (C=O) groups is 1. The molecule has 4 N–H and O–H groups in total. The quantitative estimate of drug-likeness (QED) is 0.501. The minimum absolute atomic E-state index is 0.198. The number of aliphatic hydroxyl groups excluding tert-OH is 1. The van der Waals surface area contributed by atoms with E-state index < -0.39 is 6.10 Å². The summed E-state index contributed by atoms with van der Waals surface area (Å²) < 4.78 is 6.02. The number of aromatic hydroxyl groups is 1. The molecule has 1 amide bonds. The van der Waals surface area contributed by atoms with Crippen molar-refractivity contribution in [2.24, 2.45) is 5.73 Å². The molecule has 3 aromatic carbocycles. The Morgan fingerprint density at radius 2 is 1.59 bits per heavy atom. The third kappa shape index (κ3) is 5.37. The van der Waals surface area contributed by atoms with Crippen LogP contribution in [0.2, 0.25) is 0 Å². The molecule has 0 spiro atoms. The lowest BCUT2D eigenvalue weighted by Crippen LogP contribution is -2.50. The lowest BCUT2D eigenvalue weighted by atomic mass is 9.97. The van der Waals surface area contributed by atoms with Gasteiger partial charge in [-0.15, -0.1) is 0 Å². The van der Waals surface area contributed by atoms with E-state index in [1.807, 2.05) is 53.4 Å². The number of nitrogens with zero attached hydrogens (tertiary/aromatic N) is 2. The third-order valence-corrected chi connectivity index (χ3v) is 5.81. The SMILES string of the molecule is NC(=O)CN1CCN(CC(O)COc2ccc(-c3ccc(O)cc3)c3ccccc23)CC1. The second-order valence-electron chi connectivity index (χ2n) is 8.21. The molecule has 0 aromatic heterocycles. The van der Waals surface area contributed by atoms with E-state index in [2.05, 4.69) is 4.90 Å². The molecule has 1 saturated heterocycles. The van der Waals surface area contributed by atoms with Crippen LogP contribution in [0.25, 0.3) is 21.9 Å². The van der Waals surface area contributed by atoms with Crippen molar-refractivity contribution < 1.29 is 19.7 Å². The first kappa shape index (κ1) is 22.1. The van der Waals surface area contributed by atoms with Crippen LogP contribution in [0.15, 0.2) is 60.7 Å². The third-order valence-electron chi connectivity index (χ3n) is 5.81. The number of hydrogen-bond donors (Lipinski definition) is 3. The van der Waals surface area contributed by atoms with Crippen LogP contribution in [0.5, 0.6) is 11.5 Å². The van der Waals surface area contributed by atoms with E-state index in [1.165, 1.54) is 0 Å². The number of β-amino-alcohol motifs (C(OH)–C–C–N with tert-alkyl or cyclic N) is 1. The lowest BCUT2D eigenvalue weighted by Gasteiger charge is -2.34. The highest BCUT2D eigenvalue weighted by molar-refractivity contribution is 6.00. The number of carbonyl (C=O) groups excluding carboxylic acids is 1. The standard InChI is InChI=1S/C25H29N3O4/c26-25(31)16-28-13-11-27(12-14-28)15-20(30)17-32-24-10-9-21(18-5-7-19(29)8-6-18)22-3-1-2-4-23(22)24/h1-10,20,29-30H,11-17H2,(H2,26,31). The molecule has 1 atom stereocenters. The van der Waals surface area contributed by atoms with Gasteiger partial charge in [-0.05, 0) is 34.7 Å². The summed E-state index contributed by atoms with van der Waals surface area (Å²) in [6.45, 7) is 4.10. The largest absolute Gasteiger partial charge is 0.508 e. The number of ether oxygens (including phenoxy) is 1. The van der Waals surface area contributed by atoms with E-state index in [1.54, 1.807) is 12.1 Å². The second kappa shape index (κ2) is 9.99. The normalized spacial score (nSPS) is 16.2. The van der Waals surface area contributed by atoms with Crippen LogP contribution in [0, 0.1) is 0 Å². The van der Waals surface area contributed by atoms with Gasteiger partial charge in [-0.25, -0.2) is 0 Å². The van der Waals surface area contributed by atoms with Gasteiger partial charge >= 0.3 is 0 Å². The Labute approximate surface area is 187 Å². The van der Waals surface area contributed by atoms with Crippen molar-refractivity contribution in [3.05, 3.63) is 60.7 Å². The van der Waals surface area contributed by atoms with Crippen LogP contribution in [0.3, 0.4) is 0 Å². The summed E-state index contributed by atoms with van der Waals surface area (Å²) >= 11 is 0. The highest BCUT2D eigenvalue weighted by Gasteiger charge is 2.20. The number of piperazine rings is 1. The van der Waals surface area contributed by atoms with Gasteiger partial charge in [0.1, 0.15) is 24.2 Å². The smallest absolute Gasteiger partial charge is 0.231 e. The molecule has 4 rings (SSSR count). The predicted octanol–water partition coefficient (Wildman–Crippen LogP) is 2.06. The second-order valence-corrected chi connectivity index (χ2v) is 8.21. The summed E-state index contributed by atoms with van der Waals surface area (Å²) in [6.07, 6.45) is -0.617. The van der Waals surface area contributed by atoms with Crippen molar-refractivity contribution in [2.75, 3.05) is 45.9 Å². The predicted molar refractivity (Wildman–Crippen MR) is 125 cm³/mol. The highest BCUT2D eigenvalue weighted by atomic mass is 16.5. The van der Waals surface area contributed by atoms with Gasteiger partial charge in [0.05, 0.1) is 6.54 Å². The van der Waals surface area contributed by atoms with Gasteiger partial charge in [0, 0.05) is 38.1 Å². The Morgan fingerprint density at radius 3 is 2.28 bits per heavy atom. The summed E-state index contributed by atoms with van der Waals surface area (Å²) in [6, 6.07) is 19.1. The zero-order valence-electron chi connectivity index (χ0n) is 18.0. The van der Waals surface area contributed by atoms with Crippen molar-refractivity contribution in [3.8, 4) is 22.6 Å². The van der Waals surface area contributed by atoms with Crippen LogP contribution in [-0.4, -0.2) is 77.9 Å². The first-order valence-electron chi connectivity index (χ1n) is 10.8. The molecule has 7 nitrogen and oxygen atoms in total. The van der Waals surface area contributed by atoms with Crippen molar-refractivity contribution in [2.45, 2.75) is 6.10 Å². The average Bonchev–Trinajstić information content (AvgIpc) is 2.79. The molecule has 0 radical (unpaired) electrons. The van der Waals surface area contributed by atoms with E-state index >= 15 is 0 Å². The highest BCUT2D eigenvalue weighted by Crippen LogP contribution is 2.35. The summed E-state index contributed by atoms with van der Waals surface area (Å²) in [5.74, 6) is 0.658. The zero-order valence-corrected chi connectivity index (χ0v) is 18.0. The molecule has 1 aliphatic heterocycles. The Hall–Kier alpha value is -3.13. The molecule has 32 heavy (non-hydrogen) atoms. The zero-order chi connectivity index (χ0) is 22.5. The molecule has 0 saturated carbocycles. The van der Waals surface area contributed by atoms with Crippen LogP contribution in [-0.2, 0) is 4.79 Å².